The number of rotatable bonds is 4. The van der Waals surface area contributed by atoms with E-state index in [9.17, 15) is 4.79 Å². The monoisotopic (exact) mass is 225 g/mol. The number of ether oxygens (including phenoxy) is 1. The van der Waals surface area contributed by atoms with Crippen molar-refractivity contribution in [2.75, 3.05) is 26.2 Å². The Kier molecular flexibility index (Phi) is 3.63. The minimum Gasteiger partial charge on any atom is -0.367 e. The molecule has 1 aliphatic heterocycles. The van der Waals surface area contributed by atoms with E-state index in [0.29, 0.717) is 18.7 Å². The highest BCUT2D eigenvalue weighted by molar-refractivity contribution is 5.66. The van der Waals surface area contributed by atoms with Crippen LogP contribution in [0, 0.1) is 0 Å². The standard InChI is InChI=1S/C10H15N3O3/c1-2-3-13-4-5-15-8(6-13)10-11-9(7-14)16-12-10/h7-8H,2-6H2,1H3. The molecule has 0 saturated carbocycles. The molecule has 0 spiro atoms. The SMILES string of the molecule is CCCN1CCOC(c2noc(C=O)n2)C1. The molecule has 0 bridgehead atoms. The van der Waals surface area contributed by atoms with E-state index in [-0.39, 0.29) is 12.0 Å². The van der Waals surface area contributed by atoms with Crippen LogP contribution in [0.2, 0.25) is 0 Å². The van der Waals surface area contributed by atoms with Crippen molar-refractivity contribution in [2.24, 2.45) is 0 Å². The van der Waals surface area contributed by atoms with Crippen LogP contribution in [0.15, 0.2) is 4.52 Å². The summed E-state index contributed by atoms with van der Waals surface area (Å²) in [7, 11) is 0. The van der Waals surface area contributed by atoms with Crippen LogP contribution in [0.25, 0.3) is 0 Å². The summed E-state index contributed by atoms with van der Waals surface area (Å²) < 4.78 is 10.3. The van der Waals surface area contributed by atoms with Crippen LogP contribution >= 0.6 is 0 Å². The van der Waals surface area contributed by atoms with Gasteiger partial charge in [-0.2, -0.15) is 4.98 Å². The van der Waals surface area contributed by atoms with Gasteiger partial charge < -0.3 is 9.26 Å². The van der Waals surface area contributed by atoms with Gasteiger partial charge in [-0.1, -0.05) is 12.1 Å². The zero-order valence-electron chi connectivity index (χ0n) is 9.26. The molecule has 1 saturated heterocycles. The number of nitrogens with zero attached hydrogens (tertiary/aromatic N) is 3. The Morgan fingerprint density at radius 2 is 2.50 bits per heavy atom. The quantitative estimate of drug-likeness (QED) is 0.701. The Morgan fingerprint density at radius 3 is 3.19 bits per heavy atom. The molecule has 0 N–H and O–H groups in total. The Morgan fingerprint density at radius 1 is 1.62 bits per heavy atom. The fourth-order valence-electron chi connectivity index (χ4n) is 1.80. The van der Waals surface area contributed by atoms with Crippen molar-refractivity contribution in [3.63, 3.8) is 0 Å². The van der Waals surface area contributed by atoms with Crippen LogP contribution in [0.3, 0.4) is 0 Å². The molecular weight excluding hydrogens is 210 g/mol. The fourth-order valence-corrected chi connectivity index (χ4v) is 1.80. The lowest BCUT2D eigenvalue weighted by Crippen LogP contribution is -2.39. The van der Waals surface area contributed by atoms with Gasteiger partial charge in [0.1, 0.15) is 6.10 Å². The summed E-state index contributed by atoms with van der Waals surface area (Å²) in [5.41, 5.74) is 0. The maximum atomic E-state index is 10.4. The smallest absolute Gasteiger partial charge is 0.290 e. The Bertz CT molecular complexity index is 351. The van der Waals surface area contributed by atoms with Gasteiger partial charge in [0.25, 0.3) is 5.89 Å². The molecular formula is C10H15N3O3. The fraction of sp³-hybridized carbons (Fsp3) is 0.700. The first-order chi connectivity index (χ1) is 7.83. The average molecular weight is 225 g/mol. The molecule has 6 heteroatoms. The molecule has 1 fully saturated rings. The second kappa shape index (κ2) is 5.18. The molecule has 0 radical (unpaired) electrons. The molecule has 2 rings (SSSR count). The molecule has 0 aromatic carbocycles. The van der Waals surface area contributed by atoms with Crippen LogP contribution in [-0.2, 0) is 4.74 Å². The second-order valence-corrected chi connectivity index (χ2v) is 3.77. The van der Waals surface area contributed by atoms with Crippen LogP contribution < -0.4 is 0 Å². The van der Waals surface area contributed by atoms with Crippen molar-refractivity contribution in [3.05, 3.63) is 11.7 Å². The minimum atomic E-state index is -0.183. The maximum Gasteiger partial charge on any atom is 0.290 e. The van der Waals surface area contributed by atoms with Gasteiger partial charge in [0.05, 0.1) is 6.61 Å². The molecule has 16 heavy (non-hydrogen) atoms. The molecule has 1 atom stereocenters. The first kappa shape index (κ1) is 11.2. The van der Waals surface area contributed by atoms with E-state index in [0.717, 1.165) is 26.1 Å². The number of carbonyl (C=O) groups is 1. The maximum absolute atomic E-state index is 10.4. The summed E-state index contributed by atoms with van der Waals surface area (Å²) in [6.45, 7) is 5.53. The summed E-state index contributed by atoms with van der Waals surface area (Å²) in [6.07, 6.45) is 1.47. The second-order valence-electron chi connectivity index (χ2n) is 3.77. The predicted octanol–water partition coefficient (Wildman–Crippen LogP) is 0.665. The van der Waals surface area contributed by atoms with Crippen molar-refractivity contribution in [1.82, 2.24) is 15.0 Å². The highest BCUT2D eigenvalue weighted by Crippen LogP contribution is 2.19. The van der Waals surface area contributed by atoms with Gasteiger partial charge in [0.2, 0.25) is 12.1 Å². The Balaban J connectivity index is 2.00. The molecule has 0 aliphatic carbocycles. The zero-order valence-corrected chi connectivity index (χ0v) is 9.26. The van der Waals surface area contributed by atoms with Crippen molar-refractivity contribution >= 4 is 6.29 Å². The number of aromatic nitrogens is 2. The lowest BCUT2D eigenvalue weighted by Gasteiger charge is -2.30. The van der Waals surface area contributed by atoms with Gasteiger partial charge >= 0.3 is 0 Å². The predicted molar refractivity (Wildman–Crippen MR) is 55.1 cm³/mol. The summed E-state index contributed by atoms with van der Waals surface area (Å²) >= 11 is 0. The number of morpholine rings is 1. The Labute approximate surface area is 93.6 Å². The largest absolute Gasteiger partial charge is 0.367 e. The number of hydrogen-bond donors (Lipinski definition) is 0. The lowest BCUT2D eigenvalue weighted by atomic mass is 10.2. The molecule has 88 valence electrons. The van der Waals surface area contributed by atoms with Crippen molar-refractivity contribution in [1.29, 1.82) is 0 Å². The topological polar surface area (TPSA) is 68.5 Å². The average Bonchev–Trinajstić information content (AvgIpc) is 2.78. The van der Waals surface area contributed by atoms with Crippen LogP contribution in [0.5, 0.6) is 0 Å². The molecule has 1 unspecified atom stereocenters. The molecule has 1 aromatic heterocycles. The van der Waals surface area contributed by atoms with Crippen LogP contribution in [0.4, 0.5) is 0 Å². The van der Waals surface area contributed by atoms with Gasteiger partial charge in [-0.15, -0.1) is 0 Å². The van der Waals surface area contributed by atoms with E-state index >= 15 is 0 Å². The number of aldehydes is 1. The van der Waals surface area contributed by atoms with Gasteiger partial charge in [0, 0.05) is 13.1 Å². The third-order valence-electron chi connectivity index (χ3n) is 2.54. The van der Waals surface area contributed by atoms with Crippen LogP contribution in [-0.4, -0.2) is 47.6 Å². The lowest BCUT2D eigenvalue weighted by molar-refractivity contribution is -0.0350. The third kappa shape index (κ3) is 2.45. The van der Waals surface area contributed by atoms with Gasteiger partial charge in [-0.3, -0.25) is 9.69 Å². The molecule has 1 aliphatic rings. The minimum absolute atomic E-state index is 0.00575. The number of hydrogen-bond acceptors (Lipinski definition) is 6. The first-order valence-corrected chi connectivity index (χ1v) is 5.46. The third-order valence-corrected chi connectivity index (χ3v) is 2.54. The molecule has 0 amide bonds. The van der Waals surface area contributed by atoms with E-state index in [2.05, 4.69) is 22.0 Å². The van der Waals surface area contributed by atoms with E-state index in [4.69, 9.17) is 9.26 Å². The van der Waals surface area contributed by atoms with E-state index in [1.54, 1.807) is 0 Å². The molecule has 1 aromatic rings. The van der Waals surface area contributed by atoms with Gasteiger partial charge in [-0.25, -0.2) is 0 Å². The summed E-state index contributed by atoms with van der Waals surface area (Å²) in [5.74, 6) is 0.467. The van der Waals surface area contributed by atoms with Crippen LogP contribution in [0.1, 0.15) is 36.0 Å². The van der Waals surface area contributed by atoms with Gasteiger partial charge in [0.15, 0.2) is 0 Å². The summed E-state index contributed by atoms with van der Waals surface area (Å²) in [6, 6.07) is 0. The first-order valence-electron chi connectivity index (χ1n) is 5.46. The highest BCUT2D eigenvalue weighted by atomic mass is 16.5. The normalized spacial score (nSPS) is 22.2. The van der Waals surface area contributed by atoms with Crippen molar-refractivity contribution < 1.29 is 14.1 Å². The molecule has 6 nitrogen and oxygen atoms in total. The van der Waals surface area contributed by atoms with E-state index in [1.165, 1.54) is 0 Å². The zero-order chi connectivity index (χ0) is 11.4. The summed E-state index contributed by atoms with van der Waals surface area (Å²) in [4.78, 5) is 16.7. The van der Waals surface area contributed by atoms with Crippen molar-refractivity contribution in [2.45, 2.75) is 19.4 Å². The molecule has 2 heterocycles. The van der Waals surface area contributed by atoms with E-state index in [1.807, 2.05) is 0 Å². The highest BCUT2D eigenvalue weighted by Gasteiger charge is 2.25. The van der Waals surface area contributed by atoms with Gasteiger partial charge in [-0.05, 0) is 13.0 Å². The number of carbonyl (C=O) groups excluding carboxylic acids is 1. The Hall–Kier alpha value is -1.27. The van der Waals surface area contributed by atoms with E-state index < -0.39 is 0 Å². The summed E-state index contributed by atoms with van der Waals surface area (Å²) in [5, 5.41) is 3.74. The van der Waals surface area contributed by atoms with Crippen molar-refractivity contribution in [3.8, 4) is 0 Å².